The summed E-state index contributed by atoms with van der Waals surface area (Å²) in [6.45, 7) is 0.912. The Hall–Kier alpha value is -1.43. The number of rotatable bonds is 2. The van der Waals surface area contributed by atoms with Crippen molar-refractivity contribution in [1.29, 1.82) is 0 Å². The molecule has 0 aromatic carbocycles. The quantitative estimate of drug-likeness (QED) is 0.757. The molecule has 0 aliphatic carbocycles. The van der Waals surface area contributed by atoms with Crippen LogP contribution in [0.3, 0.4) is 0 Å². The molecular weight excluding hydrogens is 198 g/mol. The molecule has 82 valence electrons. The van der Waals surface area contributed by atoms with E-state index in [-0.39, 0.29) is 11.9 Å². The van der Waals surface area contributed by atoms with Gasteiger partial charge in [-0.05, 0) is 24.5 Å². The van der Waals surface area contributed by atoms with Crippen molar-refractivity contribution in [3.63, 3.8) is 0 Å². The Morgan fingerprint density at radius 2 is 2.33 bits per heavy atom. The van der Waals surface area contributed by atoms with E-state index < -0.39 is 5.97 Å². The number of carbonyl (C=O) groups is 1. The van der Waals surface area contributed by atoms with Crippen LogP contribution in [0, 0.1) is 0 Å². The van der Waals surface area contributed by atoms with E-state index in [2.05, 4.69) is 15.5 Å². The summed E-state index contributed by atoms with van der Waals surface area (Å²) in [5.74, 6) is -1.04. The Labute approximate surface area is 86.7 Å². The molecule has 0 radical (unpaired) electrons. The Morgan fingerprint density at radius 3 is 3.07 bits per heavy atom. The molecule has 1 aromatic rings. The Morgan fingerprint density at radius 1 is 1.47 bits per heavy atom. The van der Waals surface area contributed by atoms with Crippen molar-refractivity contribution in [3.8, 4) is 0 Å². The predicted molar refractivity (Wildman–Crippen MR) is 50.5 cm³/mol. The van der Waals surface area contributed by atoms with E-state index in [1.165, 1.54) is 6.42 Å². The van der Waals surface area contributed by atoms with Crippen molar-refractivity contribution in [2.24, 2.45) is 0 Å². The first-order chi connectivity index (χ1) is 7.27. The predicted octanol–water partition coefficient (Wildman–Crippen LogP) is 0.972. The zero-order valence-electron chi connectivity index (χ0n) is 8.27. The van der Waals surface area contributed by atoms with E-state index in [9.17, 15) is 4.79 Å². The fourth-order valence-electron chi connectivity index (χ4n) is 1.70. The molecule has 0 saturated carbocycles. The van der Waals surface area contributed by atoms with Gasteiger partial charge < -0.3 is 14.9 Å². The molecule has 0 spiro atoms. The number of hydrogen-bond donors (Lipinski definition) is 2. The highest BCUT2D eigenvalue weighted by molar-refractivity contribution is 5.82. The van der Waals surface area contributed by atoms with Crippen LogP contribution < -0.4 is 5.32 Å². The van der Waals surface area contributed by atoms with Gasteiger partial charge in [0, 0.05) is 0 Å². The molecule has 6 heteroatoms. The molecule has 1 unspecified atom stereocenters. The molecule has 6 nitrogen and oxygen atoms in total. The highest BCUT2D eigenvalue weighted by Crippen LogP contribution is 2.20. The standard InChI is InChI=1S/C9H13N3O3/c13-9(14)7-11-8(15-12-7)6-4-2-1-3-5-10-6/h6,10H,1-5H2,(H,13,14). The largest absolute Gasteiger partial charge is 0.475 e. The van der Waals surface area contributed by atoms with Crippen molar-refractivity contribution in [1.82, 2.24) is 15.5 Å². The fraction of sp³-hybridized carbons (Fsp3) is 0.667. The van der Waals surface area contributed by atoms with E-state index in [0.717, 1.165) is 25.8 Å². The number of aromatic nitrogens is 2. The minimum atomic E-state index is -1.15. The molecule has 15 heavy (non-hydrogen) atoms. The van der Waals surface area contributed by atoms with Gasteiger partial charge in [-0.25, -0.2) is 4.79 Å². The number of nitrogens with one attached hydrogen (secondary N) is 1. The molecule has 1 aromatic heterocycles. The van der Waals surface area contributed by atoms with Crippen LogP contribution in [0.25, 0.3) is 0 Å². The lowest BCUT2D eigenvalue weighted by Gasteiger charge is -2.09. The van der Waals surface area contributed by atoms with Gasteiger partial charge >= 0.3 is 5.97 Å². The van der Waals surface area contributed by atoms with Gasteiger partial charge in [-0.1, -0.05) is 12.8 Å². The molecular formula is C9H13N3O3. The van der Waals surface area contributed by atoms with E-state index in [4.69, 9.17) is 9.63 Å². The highest BCUT2D eigenvalue weighted by Gasteiger charge is 2.21. The second-order valence-electron chi connectivity index (χ2n) is 3.62. The lowest BCUT2D eigenvalue weighted by molar-refractivity contribution is 0.0680. The molecule has 2 N–H and O–H groups in total. The number of nitrogens with zero attached hydrogens (tertiary/aromatic N) is 2. The van der Waals surface area contributed by atoms with Gasteiger partial charge in [0.15, 0.2) is 0 Å². The SMILES string of the molecule is O=C(O)c1noc(C2CCCCCN2)n1. The normalized spacial score (nSPS) is 22.3. The van der Waals surface area contributed by atoms with E-state index in [1.807, 2.05) is 0 Å². The summed E-state index contributed by atoms with van der Waals surface area (Å²) < 4.78 is 4.92. The van der Waals surface area contributed by atoms with Gasteiger partial charge in [0.1, 0.15) is 0 Å². The third-order valence-electron chi connectivity index (χ3n) is 2.49. The van der Waals surface area contributed by atoms with Gasteiger partial charge in [-0.15, -0.1) is 0 Å². The first-order valence-electron chi connectivity index (χ1n) is 5.07. The van der Waals surface area contributed by atoms with Crippen LogP contribution in [-0.2, 0) is 0 Å². The van der Waals surface area contributed by atoms with Crippen LogP contribution in [0.1, 0.15) is 48.2 Å². The Kier molecular flexibility index (Phi) is 2.96. The summed E-state index contributed by atoms with van der Waals surface area (Å²) in [6, 6.07) is 0.00750. The maximum Gasteiger partial charge on any atom is 0.377 e. The molecule has 0 bridgehead atoms. The maximum atomic E-state index is 10.6. The zero-order chi connectivity index (χ0) is 10.7. The lowest BCUT2D eigenvalue weighted by Crippen LogP contribution is -2.20. The fourth-order valence-corrected chi connectivity index (χ4v) is 1.70. The number of hydrogen-bond acceptors (Lipinski definition) is 5. The molecule has 2 heterocycles. The van der Waals surface area contributed by atoms with Crippen LogP contribution in [-0.4, -0.2) is 27.8 Å². The average molecular weight is 211 g/mol. The zero-order valence-corrected chi connectivity index (χ0v) is 8.27. The topological polar surface area (TPSA) is 88.2 Å². The summed E-state index contributed by atoms with van der Waals surface area (Å²) in [6.07, 6.45) is 4.34. The van der Waals surface area contributed by atoms with Crippen molar-refractivity contribution in [3.05, 3.63) is 11.7 Å². The third-order valence-corrected chi connectivity index (χ3v) is 2.49. The van der Waals surface area contributed by atoms with Gasteiger partial charge in [0.25, 0.3) is 5.82 Å². The number of carboxylic acids is 1. The smallest absolute Gasteiger partial charge is 0.377 e. The minimum Gasteiger partial charge on any atom is -0.475 e. The first-order valence-corrected chi connectivity index (χ1v) is 5.07. The van der Waals surface area contributed by atoms with Crippen LogP contribution in [0.4, 0.5) is 0 Å². The maximum absolute atomic E-state index is 10.6. The van der Waals surface area contributed by atoms with Gasteiger partial charge in [-0.2, -0.15) is 4.98 Å². The van der Waals surface area contributed by atoms with Gasteiger partial charge in [0.05, 0.1) is 6.04 Å². The lowest BCUT2D eigenvalue weighted by atomic mass is 10.1. The van der Waals surface area contributed by atoms with Crippen LogP contribution >= 0.6 is 0 Å². The summed E-state index contributed by atoms with van der Waals surface area (Å²) in [4.78, 5) is 14.4. The van der Waals surface area contributed by atoms with Gasteiger partial charge in [-0.3, -0.25) is 0 Å². The average Bonchev–Trinajstić information content (AvgIpc) is 2.55. The van der Waals surface area contributed by atoms with E-state index in [0.29, 0.717) is 5.89 Å². The summed E-state index contributed by atoms with van der Waals surface area (Å²) in [5.41, 5.74) is 0. The van der Waals surface area contributed by atoms with E-state index in [1.54, 1.807) is 0 Å². The number of carboxylic acid groups (broad SMARTS) is 1. The number of aromatic carboxylic acids is 1. The molecule has 1 atom stereocenters. The molecule has 1 fully saturated rings. The molecule has 2 rings (SSSR count). The monoisotopic (exact) mass is 211 g/mol. The van der Waals surface area contributed by atoms with Crippen molar-refractivity contribution in [2.75, 3.05) is 6.54 Å². The molecule has 0 amide bonds. The second-order valence-corrected chi connectivity index (χ2v) is 3.62. The van der Waals surface area contributed by atoms with Gasteiger partial charge in [0.2, 0.25) is 5.89 Å². The van der Waals surface area contributed by atoms with Crippen LogP contribution in [0.15, 0.2) is 4.52 Å². The van der Waals surface area contributed by atoms with Crippen molar-refractivity contribution >= 4 is 5.97 Å². The first kappa shape index (κ1) is 10.1. The summed E-state index contributed by atoms with van der Waals surface area (Å²) >= 11 is 0. The molecule has 1 aliphatic heterocycles. The summed E-state index contributed by atoms with van der Waals surface area (Å²) in [7, 11) is 0. The third kappa shape index (κ3) is 2.33. The van der Waals surface area contributed by atoms with Crippen molar-refractivity contribution < 1.29 is 14.4 Å². The second kappa shape index (κ2) is 4.39. The molecule has 1 saturated heterocycles. The Bertz CT molecular complexity index is 342. The minimum absolute atomic E-state index is 0.00750. The van der Waals surface area contributed by atoms with Crippen molar-refractivity contribution in [2.45, 2.75) is 31.7 Å². The van der Waals surface area contributed by atoms with Crippen LogP contribution in [0.5, 0.6) is 0 Å². The van der Waals surface area contributed by atoms with Crippen LogP contribution in [0.2, 0.25) is 0 Å². The Balaban J connectivity index is 2.10. The highest BCUT2D eigenvalue weighted by atomic mass is 16.5. The summed E-state index contributed by atoms with van der Waals surface area (Å²) in [5, 5.41) is 15.3. The van der Waals surface area contributed by atoms with E-state index >= 15 is 0 Å². The molecule has 1 aliphatic rings.